The summed E-state index contributed by atoms with van der Waals surface area (Å²) < 4.78 is 5.36. The van der Waals surface area contributed by atoms with Crippen molar-refractivity contribution >= 4 is 36.6 Å². The zero-order chi connectivity index (χ0) is 26.8. The average molecular weight is 506 g/mol. The Morgan fingerprint density at radius 3 is 2.34 bits per heavy atom. The van der Waals surface area contributed by atoms with Crippen LogP contribution in [0.2, 0.25) is 0 Å². The van der Waals surface area contributed by atoms with Gasteiger partial charge in [0.1, 0.15) is 17.7 Å². The Morgan fingerprint density at radius 2 is 1.83 bits per heavy atom. The fourth-order valence-electron chi connectivity index (χ4n) is 3.51. The number of alkyl carbamates (subject to hydrolysis) is 1. The molecule has 0 saturated heterocycles. The van der Waals surface area contributed by atoms with E-state index >= 15 is 0 Å². The van der Waals surface area contributed by atoms with Gasteiger partial charge < -0.3 is 20.3 Å². The zero-order valence-electron chi connectivity index (χ0n) is 22.3. The number of carbonyl (C=O) groups excluding carboxylic acids is 3. The molecule has 2 N–H and O–H groups in total. The molecule has 0 aliphatic carbocycles. The highest BCUT2D eigenvalue weighted by molar-refractivity contribution is 7.80. The SMILES string of the molecule is C=Cc1cccc(C(C(=O)NCCCC)N(C(=O)C(CS)NC(=O)OC(C)(C)C)C(C)(C)CC)c1. The smallest absolute Gasteiger partial charge is 0.408 e. The molecule has 0 aliphatic rings. The number of benzene rings is 1. The van der Waals surface area contributed by atoms with Crippen molar-refractivity contribution in [2.75, 3.05) is 12.3 Å². The number of rotatable bonds is 12. The Bertz CT molecular complexity index is 879. The molecule has 0 radical (unpaired) electrons. The van der Waals surface area contributed by atoms with Crippen molar-refractivity contribution in [3.8, 4) is 0 Å². The molecule has 2 atom stereocenters. The lowest BCUT2D eigenvalue weighted by molar-refractivity contribution is -0.148. The summed E-state index contributed by atoms with van der Waals surface area (Å²) in [5.74, 6) is -0.632. The molecular weight excluding hydrogens is 462 g/mol. The molecule has 2 unspecified atom stereocenters. The van der Waals surface area contributed by atoms with Crippen molar-refractivity contribution in [1.82, 2.24) is 15.5 Å². The predicted molar refractivity (Wildman–Crippen MR) is 145 cm³/mol. The Morgan fingerprint density at radius 1 is 1.17 bits per heavy atom. The number of ether oxygens (including phenoxy) is 1. The summed E-state index contributed by atoms with van der Waals surface area (Å²) in [6.45, 7) is 17.4. The Labute approximate surface area is 216 Å². The fourth-order valence-corrected chi connectivity index (χ4v) is 3.75. The van der Waals surface area contributed by atoms with Gasteiger partial charge in [-0.3, -0.25) is 9.59 Å². The lowest BCUT2D eigenvalue weighted by atomic mass is 9.91. The minimum absolute atomic E-state index is 0.0469. The first kappa shape index (κ1) is 30.6. The third kappa shape index (κ3) is 9.24. The van der Waals surface area contributed by atoms with Crippen LogP contribution in [0.15, 0.2) is 30.8 Å². The molecule has 1 rings (SSSR count). The normalized spacial score (nSPS) is 13.4. The molecule has 0 spiro atoms. The summed E-state index contributed by atoms with van der Waals surface area (Å²) in [4.78, 5) is 41.6. The Hall–Kier alpha value is -2.48. The van der Waals surface area contributed by atoms with E-state index in [0.29, 0.717) is 18.5 Å². The molecule has 0 fully saturated rings. The van der Waals surface area contributed by atoms with Gasteiger partial charge in [0.05, 0.1) is 0 Å². The van der Waals surface area contributed by atoms with Crippen LogP contribution in [0.3, 0.4) is 0 Å². The summed E-state index contributed by atoms with van der Waals surface area (Å²) in [5, 5.41) is 5.63. The Kier molecular flexibility index (Phi) is 11.8. The summed E-state index contributed by atoms with van der Waals surface area (Å²) in [7, 11) is 0. The number of unbranched alkanes of at least 4 members (excludes halogenated alkanes) is 1. The maximum atomic E-state index is 14.0. The number of hydrogen-bond acceptors (Lipinski definition) is 5. The van der Waals surface area contributed by atoms with Gasteiger partial charge in [0.25, 0.3) is 0 Å². The van der Waals surface area contributed by atoms with E-state index in [4.69, 9.17) is 4.74 Å². The summed E-state index contributed by atoms with van der Waals surface area (Å²) in [5.41, 5.74) is 0.0866. The highest BCUT2D eigenvalue weighted by Crippen LogP contribution is 2.32. The third-order valence-electron chi connectivity index (χ3n) is 5.72. The molecule has 1 aromatic rings. The molecule has 0 bridgehead atoms. The highest BCUT2D eigenvalue weighted by Gasteiger charge is 2.42. The van der Waals surface area contributed by atoms with Gasteiger partial charge in [0, 0.05) is 17.8 Å². The standard InChI is InChI=1S/C27H43N3O4S/c1-9-12-16-28-23(31)22(20-15-13-14-19(10-2)17-20)30(27(7,8)11-3)24(32)21(18-35)29-25(33)34-26(4,5)6/h10,13-15,17,21-22,35H,2,9,11-12,16,18H2,1,3-8H3,(H,28,31)(H,29,33). The van der Waals surface area contributed by atoms with Gasteiger partial charge in [0.15, 0.2) is 0 Å². The first-order valence-corrected chi connectivity index (χ1v) is 12.9. The molecule has 1 aromatic carbocycles. The summed E-state index contributed by atoms with van der Waals surface area (Å²) >= 11 is 4.34. The first-order chi connectivity index (χ1) is 16.3. The second-order valence-corrected chi connectivity index (χ2v) is 10.5. The van der Waals surface area contributed by atoms with Gasteiger partial charge in [-0.05, 0) is 64.7 Å². The highest BCUT2D eigenvalue weighted by atomic mass is 32.1. The molecule has 0 heterocycles. The molecule has 7 nitrogen and oxygen atoms in total. The van der Waals surface area contributed by atoms with Crippen molar-refractivity contribution in [2.24, 2.45) is 0 Å². The molecule has 0 aromatic heterocycles. The molecular formula is C27H43N3O4S. The van der Waals surface area contributed by atoms with Crippen molar-refractivity contribution < 1.29 is 19.1 Å². The fraction of sp³-hybridized carbons (Fsp3) is 0.593. The van der Waals surface area contributed by atoms with Gasteiger partial charge in [-0.1, -0.05) is 51.1 Å². The second-order valence-electron chi connectivity index (χ2n) is 10.2. The van der Waals surface area contributed by atoms with E-state index in [0.717, 1.165) is 18.4 Å². The van der Waals surface area contributed by atoms with Gasteiger partial charge in [-0.15, -0.1) is 0 Å². The number of carbonyl (C=O) groups is 3. The Balaban J connectivity index is 3.54. The maximum absolute atomic E-state index is 14.0. The number of amides is 3. The molecule has 8 heteroatoms. The second kappa shape index (κ2) is 13.6. The lowest BCUT2D eigenvalue weighted by Gasteiger charge is -2.44. The van der Waals surface area contributed by atoms with Gasteiger partial charge >= 0.3 is 6.09 Å². The monoisotopic (exact) mass is 505 g/mol. The van der Waals surface area contributed by atoms with Crippen LogP contribution < -0.4 is 10.6 Å². The van der Waals surface area contributed by atoms with Crippen LogP contribution in [0.5, 0.6) is 0 Å². The van der Waals surface area contributed by atoms with Crippen LogP contribution in [-0.2, 0) is 14.3 Å². The van der Waals surface area contributed by atoms with E-state index in [2.05, 4.69) is 29.8 Å². The van der Waals surface area contributed by atoms with Crippen LogP contribution >= 0.6 is 12.6 Å². The van der Waals surface area contributed by atoms with E-state index in [1.807, 2.05) is 52.0 Å². The van der Waals surface area contributed by atoms with Crippen molar-refractivity contribution in [3.63, 3.8) is 0 Å². The van der Waals surface area contributed by atoms with E-state index in [1.165, 1.54) is 0 Å². The summed E-state index contributed by atoms with van der Waals surface area (Å²) in [6.07, 6.45) is 3.34. The van der Waals surface area contributed by atoms with E-state index < -0.39 is 35.2 Å². The van der Waals surface area contributed by atoms with Crippen LogP contribution in [0.4, 0.5) is 4.79 Å². The van der Waals surface area contributed by atoms with Crippen LogP contribution in [-0.4, -0.2) is 52.3 Å². The van der Waals surface area contributed by atoms with Gasteiger partial charge in [0.2, 0.25) is 11.8 Å². The quantitative estimate of drug-likeness (QED) is 0.272. The maximum Gasteiger partial charge on any atom is 0.408 e. The zero-order valence-corrected chi connectivity index (χ0v) is 23.2. The average Bonchev–Trinajstić information content (AvgIpc) is 2.79. The number of nitrogens with one attached hydrogen (secondary N) is 2. The van der Waals surface area contributed by atoms with Crippen molar-refractivity contribution in [2.45, 2.75) is 91.0 Å². The molecule has 0 saturated carbocycles. The van der Waals surface area contributed by atoms with Crippen LogP contribution in [0.25, 0.3) is 6.08 Å². The van der Waals surface area contributed by atoms with E-state index in [9.17, 15) is 14.4 Å². The van der Waals surface area contributed by atoms with Gasteiger partial charge in [-0.2, -0.15) is 12.6 Å². The largest absolute Gasteiger partial charge is 0.444 e. The van der Waals surface area contributed by atoms with Crippen LogP contribution in [0.1, 0.15) is 84.9 Å². The molecule has 196 valence electrons. The lowest BCUT2D eigenvalue weighted by Crippen LogP contribution is -2.60. The van der Waals surface area contributed by atoms with Crippen LogP contribution in [0, 0.1) is 0 Å². The minimum Gasteiger partial charge on any atom is -0.444 e. The number of thiol groups is 1. The van der Waals surface area contributed by atoms with Crippen molar-refractivity contribution in [1.29, 1.82) is 0 Å². The van der Waals surface area contributed by atoms with E-state index in [-0.39, 0.29) is 11.7 Å². The molecule has 3 amide bonds. The molecule has 0 aliphatic heterocycles. The molecule has 35 heavy (non-hydrogen) atoms. The predicted octanol–water partition coefficient (Wildman–Crippen LogP) is 5.13. The first-order valence-electron chi connectivity index (χ1n) is 12.2. The number of nitrogens with zero attached hydrogens (tertiary/aromatic N) is 1. The van der Waals surface area contributed by atoms with Gasteiger partial charge in [-0.25, -0.2) is 4.79 Å². The third-order valence-corrected chi connectivity index (χ3v) is 6.09. The van der Waals surface area contributed by atoms with Crippen molar-refractivity contribution in [3.05, 3.63) is 42.0 Å². The van der Waals surface area contributed by atoms with E-state index in [1.54, 1.807) is 31.7 Å². The minimum atomic E-state index is -0.979. The summed E-state index contributed by atoms with van der Waals surface area (Å²) in [6, 6.07) is 5.54. The topological polar surface area (TPSA) is 87.7 Å². The number of hydrogen-bond donors (Lipinski definition) is 3.